The molecule has 4 rings (SSSR count). The van der Waals surface area contributed by atoms with Crippen LogP contribution >= 0.6 is 27.5 Å². The van der Waals surface area contributed by atoms with E-state index in [2.05, 4.69) is 51.7 Å². The van der Waals surface area contributed by atoms with Crippen molar-refractivity contribution in [1.29, 1.82) is 0 Å². The van der Waals surface area contributed by atoms with Gasteiger partial charge in [-0.3, -0.25) is 4.68 Å². The summed E-state index contributed by atoms with van der Waals surface area (Å²) in [6, 6.07) is 13.9. The highest BCUT2D eigenvalue weighted by molar-refractivity contribution is 9.10. The summed E-state index contributed by atoms with van der Waals surface area (Å²) < 4.78 is 35.7. The van der Waals surface area contributed by atoms with E-state index in [0.717, 1.165) is 21.3 Å². The zero-order chi connectivity index (χ0) is 28.2. The minimum absolute atomic E-state index is 0.222. The summed E-state index contributed by atoms with van der Waals surface area (Å²) in [5, 5.41) is 8.57. The smallest absolute Gasteiger partial charge is 0.240 e. The van der Waals surface area contributed by atoms with Crippen molar-refractivity contribution in [1.82, 2.24) is 24.5 Å². The molecule has 0 saturated carbocycles. The van der Waals surface area contributed by atoms with Crippen LogP contribution in [0, 0.1) is 0 Å². The summed E-state index contributed by atoms with van der Waals surface area (Å²) in [6.07, 6.45) is 4.20. The molecule has 9 nitrogen and oxygen atoms in total. The molecule has 12 heteroatoms. The Morgan fingerprint density at radius 2 is 1.82 bits per heavy atom. The van der Waals surface area contributed by atoms with Crippen LogP contribution in [0.3, 0.4) is 0 Å². The molecule has 39 heavy (non-hydrogen) atoms. The van der Waals surface area contributed by atoms with Crippen LogP contribution in [0.1, 0.15) is 27.2 Å². The SMILES string of the molecule is COc1cc(-c2nn(C(C)(C)C)cc2-c2ccnc(NCCCNS(=O)(=O)c3ccc(Br)cc3)n2)ccc1Cl. The molecule has 0 atom stereocenters. The summed E-state index contributed by atoms with van der Waals surface area (Å²) in [7, 11) is -1.99. The van der Waals surface area contributed by atoms with Crippen LogP contribution in [0.4, 0.5) is 5.95 Å². The standard InChI is InChI=1S/C27H30BrClN6O3S/c1-27(2,3)35-17-21(25(34-35)18-6-11-22(29)24(16-18)38-4)23-12-15-31-26(33-23)30-13-5-14-32-39(36,37)20-9-7-19(28)8-10-20/h6-12,15-17,32H,5,13-14H2,1-4H3,(H,30,31,33). The van der Waals surface area contributed by atoms with Gasteiger partial charge < -0.3 is 10.1 Å². The molecule has 2 heterocycles. The van der Waals surface area contributed by atoms with Crippen molar-refractivity contribution in [3.8, 4) is 28.3 Å². The predicted molar refractivity (Wildman–Crippen MR) is 158 cm³/mol. The summed E-state index contributed by atoms with van der Waals surface area (Å²) in [5.74, 6) is 0.998. The number of ether oxygens (including phenoxy) is 1. The van der Waals surface area contributed by atoms with Crippen LogP contribution in [0.15, 0.2) is 70.3 Å². The van der Waals surface area contributed by atoms with Crippen molar-refractivity contribution in [2.75, 3.05) is 25.5 Å². The third-order valence-electron chi connectivity index (χ3n) is 5.81. The number of sulfonamides is 1. The van der Waals surface area contributed by atoms with Crippen LogP contribution in [-0.2, 0) is 15.6 Å². The highest BCUT2D eigenvalue weighted by Gasteiger charge is 2.22. The highest BCUT2D eigenvalue weighted by Crippen LogP contribution is 2.36. The average molecular weight is 634 g/mol. The molecular weight excluding hydrogens is 604 g/mol. The molecule has 2 aromatic carbocycles. The third-order valence-corrected chi connectivity index (χ3v) is 8.13. The lowest BCUT2D eigenvalue weighted by atomic mass is 10.1. The lowest BCUT2D eigenvalue weighted by molar-refractivity contribution is 0.356. The summed E-state index contributed by atoms with van der Waals surface area (Å²) >= 11 is 9.56. The summed E-state index contributed by atoms with van der Waals surface area (Å²) in [5.41, 5.74) is 2.87. The van der Waals surface area contributed by atoms with E-state index in [-0.39, 0.29) is 17.0 Å². The lowest BCUT2D eigenvalue weighted by Gasteiger charge is -2.18. The van der Waals surface area contributed by atoms with Gasteiger partial charge >= 0.3 is 0 Å². The molecule has 0 saturated heterocycles. The Labute approximate surface area is 242 Å². The molecule has 0 bridgehead atoms. The maximum absolute atomic E-state index is 12.5. The highest BCUT2D eigenvalue weighted by atomic mass is 79.9. The van der Waals surface area contributed by atoms with Gasteiger partial charge in [0.2, 0.25) is 16.0 Å². The van der Waals surface area contributed by atoms with Gasteiger partial charge in [-0.25, -0.2) is 23.1 Å². The zero-order valence-corrected chi connectivity index (χ0v) is 25.2. The summed E-state index contributed by atoms with van der Waals surface area (Å²) in [4.78, 5) is 9.27. The van der Waals surface area contributed by atoms with Gasteiger partial charge in [0.1, 0.15) is 11.4 Å². The van der Waals surface area contributed by atoms with Crippen molar-refractivity contribution in [3.63, 3.8) is 0 Å². The van der Waals surface area contributed by atoms with Crippen molar-refractivity contribution in [2.45, 2.75) is 37.6 Å². The first-order chi connectivity index (χ1) is 18.5. The molecule has 0 aliphatic carbocycles. The fourth-order valence-electron chi connectivity index (χ4n) is 3.71. The summed E-state index contributed by atoms with van der Waals surface area (Å²) in [6.45, 7) is 6.98. The van der Waals surface area contributed by atoms with Crippen molar-refractivity contribution < 1.29 is 13.2 Å². The molecule has 2 N–H and O–H groups in total. The van der Waals surface area contributed by atoms with Gasteiger partial charge in [0.25, 0.3) is 0 Å². The van der Waals surface area contributed by atoms with E-state index in [0.29, 0.717) is 35.4 Å². The van der Waals surface area contributed by atoms with Gasteiger partial charge in [-0.05, 0) is 69.7 Å². The number of hydrogen-bond acceptors (Lipinski definition) is 7. The van der Waals surface area contributed by atoms with Crippen LogP contribution in [0.5, 0.6) is 5.75 Å². The Bertz CT molecular complexity index is 1550. The molecule has 0 fully saturated rings. The molecular formula is C27H30BrClN6O3S. The molecule has 206 valence electrons. The molecule has 0 amide bonds. The van der Waals surface area contributed by atoms with E-state index in [1.165, 1.54) is 0 Å². The second-order valence-corrected chi connectivity index (χ2v) is 12.8. The van der Waals surface area contributed by atoms with Crippen LogP contribution < -0.4 is 14.8 Å². The monoisotopic (exact) mass is 632 g/mol. The molecule has 0 unspecified atom stereocenters. The molecule has 4 aromatic rings. The minimum atomic E-state index is -3.57. The van der Waals surface area contributed by atoms with Gasteiger partial charge in [0, 0.05) is 41.1 Å². The second kappa shape index (κ2) is 12.0. The van der Waals surface area contributed by atoms with E-state index < -0.39 is 10.0 Å². The second-order valence-electron chi connectivity index (χ2n) is 9.75. The predicted octanol–water partition coefficient (Wildman–Crippen LogP) is 5.97. The first kappa shape index (κ1) is 29.0. The minimum Gasteiger partial charge on any atom is -0.495 e. The fraction of sp³-hybridized carbons (Fsp3) is 0.296. The maximum Gasteiger partial charge on any atom is 0.240 e. The Morgan fingerprint density at radius 3 is 2.51 bits per heavy atom. The number of nitrogens with one attached hydrogen (secondary N) is 2. The Hall–Kier alpha value is -2.99. The number of aromatic nitrogens is 4. The molecule has 0 spiro atoms. The number of methoxy groups -OCH3 is 1. The van der Waals surface area contributed by atoms with E-state index in [1.54, 1.807) is 43.6 Å². The number of benzene rings is 2. The number of hydrogen-bond donors (Lipinski definition) is 2. The van der Waals surface area contributed by atoms with Crippen molar-refractivity contribution in [3.05, 3.63) is 70.4 Å². The van der Waals surface area contributed by atoms with E-state index >= 15 is 0 Å². The van der Waals surface area contributed by atoms with Crippen LogP contribution in [0.2, 0.25) is 5.02 Å². The number of halogens is 2. The van der Waals surface area contributed by atoms with Gasteiger partial charge in [-0.15, -0.1) is 0 Å². The van der Waals surface area contributed by atoms with Crippen LogP contribution in [0.25, 0.3) is 22.5 Å². The Kier molecular flexibility index (Phi) is 8.95. The largest absolute Gasteiger partial charge is 0.495 e. The zero-order valence-electron chi connectivity index (χ0n) is 22.1. The van der Waals surface area contributed by atoms with Gasteiger partial charge in [0.05, 0.1) is 28.3 Å². The van der Waals surface area contributed by atoms with Gasteiger partial charge in [-0.1, -0.05) is 33.6 Å². The Balaban J connectivity index is 1.48. The van der Waals surface area contributed by atoms with E-state index in [9.17, 15) is 8.42 Å². The lowest BCUT2D eigenvalue weighted by Crippen LogP contribution is -2.26. The first-order valence-electron chi connectivity index (χ1n) is 12.2. The van der Waals surface area contributed by atoms with Crippen molar-refractivity contribution >= 4 is 43.5 Å². The van der Waals surface area contributed by atoms with Crippen molar-refractivity contribution in [2.24, 2.45) is 0 Å². The molecule has 0 aliphatic heterocycles. The van der Waals surface area contributed by atoms with Gasteiger partial charge in [-0.2, -0.15) is 5.10 Å². The van der Waals surface area contributed by atoms with Crippen LogP contribution in [-0.4, -0.2) is 48.4 Å². The first-order valence-corrected chi connectivity index (χ1v) is 14.9. The number of rotatable bonds is 10. The molecule has 0 radical (unpaired) electrons. The molecule has 2 aromatic heterocycles. The average Bonchev–Trinajstić information content (AvgIpc) is 3.36. The Morgan fingerprint density at radius 1 is 1.08 bits per heavy atom. The normalized spacial score (nSPS) is 11.9. The third kappa shape index (κ3) is 7.16. The van der Waals surface area contributed by atoms with Gasteiger partial charge in [0.15, 0.2) is 0 Å². The maximum atomic E-state index is 12.5. The number of nitrogens with zero attached hydrogens (tertiary/aromatic N) is 4. The number of anilines is 1. The topological polar surface area (TPSA) is 111 Å². The van der Waals surface area contributed by atoms with E-state index in [1.807, 2.05) is 29.1 Å². The fourth-order valence-corrected chi connectivity index (χ4v) is 5.24. The van der Waals surface area contributed by atoms with E-state index in [4.69, 9.17) is 26.4 Å². The molecule has 0 aliphatic rings. The quantitative estimate of drug-likeness (QED) is 0.207.